The van der Waals surface area contributed by atoms with Gasteiger partial charge in [-0.05, 0) is 43.0 Å². The van der Waals surface area contributed by atoms with E-state index < -0.39 is 13.5 Å². The van der Waals surface area contributed by atoms with Gasteiger partial charge in [0, 0.05) is 35.2 Å². The second-order valence-electron chi connectivity index (χ2n) is 7.64. The van der Waals surface area contributed by atoms with Crippen LogP contribution in [0.2, 0.25) is 0 Å². The molecular weight excluding hydrogens is 367 g/mol. The predicted octanol–water partition coefficient (Wildman–Crippen LogP) is 1.93. The van der Waals surface area contributed by atoms with Crippen LogP contribution in [0.4, 0.5) is 0 Å². The number of carbonyl (C=O) groups is 1. The zero-order chi connectivity index (χ0) is 20.4. The largest absolute Gasteiger partial charge is 0.459 e. The Balaban J connectivity index is 2.36. The molecule has 0 amide bonds. The van der Waals surface area contributed by atoms with Crippen LogP contribution in [0.3, 0.4) is 0 Å². The Hall–Kier alpha value is -1.80. The quantitative estimate of drug-likeness (QED) is 0.518. The average Bonchev–Trinajstić information content (AvgIpc) is 2.92. The highest BCUT2D eigenvalue weighted by molar-refractivity contribution is 7.64. The third kappa shape index (κ3) is 4.73. The van der Waals surface area contributed by atoms with Gasteiger partial charge in [0.25, 0.3) is 0 Å². The van der Waals surface area contributed by atoms with E-state index >= 15 is 0 Å². The van der Waals surface area contributed by atoms with E-state index in [-0.39, 0.29) is 12.5 Å². The van der Waals surface area contributed by atoms with Crippen molar-refractivity contribution in [2.45, 2.75) is 26.4 Å². The second-order valence-corrected chi connectivity index (χ2v) is 11.1. The van der Waals surface area contributed by atoms with Crippen molar-refractivity contribution in [3.05, 3.63) is 24.3 Å². The van der Waals surface area contributed by atoms with Crippen LogP contribution >= 0.6 is 7.94 Å². The summed E-state index contributed by atoms with van der Waals surface area (Å²) in [6.45, 7) is 5.63. The Morgan fingerprint density at radius 3 is 2.26 bits per heavy atom. The molecule has 2 aromatic rings. The van der Waals surface area contributed by atoms with Crippen LogP contribution in [0.15, 0.2) is 24.3 Å². The molecule has 2 rings (SSSR count). The lowest BCUT2D eigenvalue weighted by Gasteiger charge is -2.36. The zero-order valence-electron chi connectivity index (χ0n) is 17.4. The molecule has 0 N–H and O–H groups in total. The Morgan fingerprint density at radius 1 is 1.11 bits per heavy atom. The molecular formula is C17H30N6O3P+. The number of likely N-dealkylation sites (N-methyl/N-ethyl adjacent to an activating group) is 1. The van der Waals surface area contributed by atoms with Gasteiger partial charge in [0.2, 0.25) is 0 Å². The summed E-state index contributed by atoms with van der Waals surface area (Å²) in [5.74, 6) is -0.315. The number of rotatable bonds is 7. The lowest BCUT2D eigenvalue weighted by molar-refractivity contribution is -0.154. The standard InChI is InChI=1S/C17H30N6O3P/c1-17(2,3)25-16(24)13-22(8)27(20(4)5,21(6)7)26-23-15-12-10-9-11-14(15)18-19-23/h9-12H,13H2,1-8H3/q+1. The fourth-order valence-electron chi connectivity index (χ4n) is 2.84. The van der Waals surface area contributed by atoms with Crippen molar-refractivity contribution in [3.8, 4) is 0 Å². The molecule has 0 fully saturated rings. The molecule has 0 unspecified atom stereocenters. The molecule has 0 spiro atoms. The van der Waals surface area contributed by atoms with E-state index in [1.54, 1.807) is 0 Å². The number of hydrogen-bond donors (Lipinski definition) is 0. The maximum Gasteiger partial charge on any atom is 0.450 e. The van der Waals surface area contributed by atoms with Crippen molar-refractivity contribution < 1.29 is 14.2 Å². The summed E-state index contributed by atoms with van der Waals surface area (Å²) in [5.41, 5.74) is 0.956. The lowest BCUT2D eigenvalue weighted by Crippen LogP contribution is -2.46. The van der Waals surface area contributed by atoms with E-state index in [0.717, 1.165) is 11.0 Å². The van der Waals surface area contributed by atoms with Crippen LogP contribution in [0.1, 0.15) is 20.8 Å². The van der Waals surface area contributed by atoms with Crippen molar-refractivity contribution in [1.82, 2.24) is 29.2 Å². The number of carbonyl (C=O) groups excluding carboxylic acids is 1. The van der Waals surface area contributed by atoms with Crippen LogP contribution in [0, 0.1) is 0 Å². The molecule has 1 heterocycles. The van der Waals surface area contributed by atoms with Gasteiger partial charge in [-0.3, -0.25) is 4.79 Å². The first-order valence-electron chi connectivity index (χ1n) is 8.66. The highest BCUT2D eigenvalue weighted by Gasteiger charge is 2.56. The summed E-state index contributed by atoms with van der Waals surface area (Å²) in [7, 11) is 6.92. The minimum atomic E-state index is -2.58. The van der Waals surface area contributed by atoms with Gasteiger partial charge < -0.3 is 4.74 Å². The predicted molar refractivity (Wildman–Crippen MR) is 107 cm³/mol. The van der Waals surface area contributed by atoms with Crippen LogP contribution in [0.25, 0.3) is 11.0 Å². The zero-order valence-corrected chi connectivity index (χ0v) is 18.3. The third-order valence-electron chi connectivity index (χ3n) is 3.77. The fraction of sp³-hybridized carbons (Fsp3) is 0.588. The molecule has 1 aromatic heterocycles. The van der Waals surface area contributed by atoms with Crippen molar-refractivity contribution in [2.24, 2.45) is 0 Å². The van der Waals surface area contributed by atoms with Crippen LogP contribution in [0.5, 0.6) is 0 Å². The first-order valence-corrected chi connectivity index (χ1v) is 10.2. The number of fused-ring (bicyclic) bond motifs is 1. The number of para-hydroxylation sites is 1. The summed E-state index contributed by atoms with van der Waals surface area (Å²) in [6.07, 6.45) is 0. The molecule has 10 heteroatoms. The van der Waals surface area contributed by atoms with Crippen molar-refractivity contribution in [2.75, 3.05) is 41.8 Å². The summed E-state index contributed by atoms with van der Waals surface area (Å²) in [5, 5.41) is 8.29. The number of nitrogens with zero attached hydrogens (tertiary/aromatic N) is 6. The molecule has 0 aliphatic carbocycles. The topological polar surface area (TPSA) is 76.0 Å². The van der Waals surface area contributed by atoms with Gasteiger partial charge in [-0.1, -0.05) is 12.1 Å². The molecule has 0 saturated heterocycles. The highest BCUT2D eigenvalue weighted by Crippen LogP contribution is 2.62. The lowest BCUT2D eigenvalue weighted by atomic mass is 10.2. The van der Waals surface area contributed by atoms with Gasteiger partial charge in [0.1, 0.15) is 23.2 Å². The third-order valence-corrected chi connectivity index (χ3v) is 7.26. The minimum Gasteiger partial charge on any atom is -0.459 e. The normalized spacial score (nSPS) is 13.0. The number of ether oxygens (including phenoxy) is 1. The summed E-state index contributed by atoms with van der Waals surface area (Å²) < 4.78 is 17.7. The molecule has 0 saturated carbocycles. The highest BCUT2D eigenvalue weighted by atomic mass is 31.2. The van der Waals surface area contributed by atoms with E-state index in [2.05, 4.69) is 10.3 Å². The van der Waals surface area contributed by atoms with Gasteiger partial charge in [-0.25, -0.2) is 0 Å². The summed E-state index contributed by atoms with van der Waals surface area (Å²) in [6, 6.07) is 7.57. The van der Waals surface area contributed by atoms with E-state index in [9.17, 15) is 4.79 Å². The van der Waals surface area contributed by atoms with Gasteiger partial charge in [-0.15, -0.1) is 19.1 Å². The number of esters is 1. The van der Waals surface area contributed by atoms with Crippen LogP contribution in [-0.4, -0.2) is 82.5 Å². The molecule has 0 aliphatic heterocycles. The molecule has 1 aromatic carbocycles. The molecule has 0 bridgehead atoms. The first-order chi connectivity index (χ1) is 12.5. The molecule has 0 atom stereocenters. The van der Waals surface area contributed by atoms with Crippen molar-refractivity contribution in [3.63, 3.8) is 0 Å². The maximum absolute atomic E-state index is 12.4. The Kier molecular flexibility index (Phi) is 6.42. The van der Waals surface area contributed by atoms with Crippen LogP contribution in [-0.2, 0) is 9.53 Å². The number of benzene rings is 1. The average molecular weight is 397 g/mol. The first kappa shape index (κ1) is 21.5. The second kappa shape index (κ2) is 8.06. The van der Waals surface area contributed by atoms with Gasteiger partial charge >= 0.3 is 13.9 Å². The smallest absolute Gasteiger partial charge is 0.450 e. The van der Waals surface area contributed by atoms with E-state index in [1.807, 2.05) is 94.3 Å². The van der Waals surface area contributed by atoms with Crippen LogP contribution < -0.4 is 4.62 Å². The number of hydrogen-bond acceptors (Lipinski definition) is 8. The van der Waals surface area contributed by atoms with E-state index in [0.29, 0.717) is 0 Å². The van der Waals surface area contributed by atoms with Crippen molar-refractivity contribution >= 4 is 24.9 Å². The van der Waals surface area contributed by atoms with Crippen molar-refractivity contribution in [1.29, 1.82) is 0 Å². The monoisotopic (exact) mass is 397 g/mol. The van der Waals surface area contributed by atoms with Gasteiger partial charge in [0.15, 0.2) is 0 Å². The van der Waals surface area contributed by atoms with Gasteiger partial charge in [0.05, 0.1) is 0 Å². The Bertz CT molecular complexity index is 778. The van der Waals surface area contributed by atoms with E-state index in [4.69, 9.17) is 9.36 Å². The van der Waals surface area contributed by atoms with Gasteiger partial charge in [-0.2, -0.15) is 4.62 Å². The fourth-order valence-corrected chi connectivity index (χ4v) is 5.82. The number of aromatic nitrogens is 3. The SMILES string of the molecule is CN(C)[P+](On1nnc2ccccc21)(N(C)C)N(C)CC(=O)OC(C)(C)C. The Morgan fingerprint density at radius 2 is 1.70 bits per heavy atom. The molecule has 0 radical (unpaired) electrons. The minimum absolute atomic E-state index is 0.0774. The molecule has 0 aliphatic rings. The molecule has 27 heavy (non-hydrogen) atoms. The summed E-state index contributed by atoms with van der Waals surface area (Å²) in [4.78, 5) is 13.8. The van der Waals surface area contributed by atoms with E-state index in [1.165, 1.54) is 4.85 Å². The summed E-state index contributed by atoms with van der Waals surface area (Å²) >= 11 is 0. The molecule has 150 valence electrons. The molecule has 9 nitrogen and oxygen atoms in total. The maximum atomic E-state index is 12.4. The Labute approximate surface area is 161 Å².